The van der Waals surface area contributed by atoms with Gasteiger partial charge >= 0.3 is 0 Å². The summed E-state index contributed by atoms with van der Waals surface area (Å²) in [5, 5.41) is 12.5. The minimum Gasteiger partial charge on any atom is -0.338 e. The van der Waals surface area contributed by atoms with Gasteiger partial charge in [0.1, 0.15) is 11.1 Å². The number of thiophene rings is 1. The van der Waals surface area contributed by atoms with Crippen LogP contribution in [0, 0.1) is 18.3 Å². The van der Waals surface area contributed by atoms with E-state index in [-0.39, 0.29) is 11.8 Å². The first-order valence-corrected chi connectivity index (χ1v) is 7.94. The molecule has 0 saturated carbocycles. The van der Waals surface area contributed by atoms with E-state index in [1.807, 2.05) is 20.8 Å². The molecule has 114 valence electrons. The monoisotopic (exact) mass is 307 g/mol. The molecule has 21 heavy (non-hydrogen) atoms. The summed E-state index contributed by atoms with van der Waals surface area (Å²) in [5.41, 5.74) is 1.03. The van der Waals surface area contributed by atoms with Crippen LogP contribution < -0.4 is 5.32 Å². The molecule has 0 aromatic carbocycles. The molecule has 0 aliphatic heterocycles. The van der Waals surface area contributed by atoms with Gasteiger partial charge in [0, 0.05) is 19.5 Å². The van der Waals surface area contributed by atoms with Crippen molar-refractivity contribution in [3.63, 3.8) is 0 Å². The van der Waals surface area contributed by atoms with Gasteiger partial charge in [-0.15, -0.1) is 11.3 Å². The van der Waals surface area contributed by atoms with E-state index in [4.69, 9.17) is 0 Å². The lowest BCUT2D eigenvalue weighted by molar-refractivity contribution is -0.116. The molecule has 0 atom stereocenters. The van der Waals surface area contributed by atoms with Gasteiger partial charge in [0.2, 0.25) is 5.91 Å². The lowest BCUT2D eigenvalue weighted by atomic mass is 10.1. The lowest BCUT2D eigenvalue weighted by Crippen LogP contribution is -2.30. The molecule has 1 N–H and O–H groups in total. The molecule has 0 aliphatic carbocycles. The second kappa shape index (κ2) is 7.79. The Morgan fingerprint density at radius 3 is 2.38 bits per heavy atom. The minimum absolute atomic E-state index is 0.0880. The van der Waals surface area contributed by atoms with Crippen LogP contribution in [0.1, 0.15) is 54.4 Å². The first-order chi connectivity index (χ1) is 9.99. The number of nitriles is 1. The van der Waals surface area contributed by atoms with Crippen LogP contribution in [0.25, 0.3) is 0 Å². The number of carbonyl (C=O) groups excluding carboxylic acids is 2. The Morgan fingerprint density at radius 1 is 1.29 bits per heavy atom. The van der Waals surface area contributed by atoms with E-state index in [2.05, 4.69) is 11.4 Å². The Hall–Kier alpha value is -1.87. The van der Waals surface area contributed by atoms with Crippen LogP contribution in [0.4, 0.5) is 5.00 Å². The first kappa shape index (κ1) is 17.2. The summed E-state index contributed by atoms with van der Waals surface area (Å²) >= 11 is 1.19. The Labute approximate surface area is 129 Å². The topological polar surface area (TPSA) is 73.2 Å². The molecule has 0 spiro atoms. The second-order valence-electron chi connectivity index (χ2n) is 4.65. The number of anilines is 1. The number of carbonyl (C=O) groups is 2. The number of rotatable bonds is 6. The molecule has 0 saturated heterocycles. The van der Waals surface area contributed by atoms with Crippen molar-refractivity contribution in [3.8, 4) is 6.07 Å². The summed E-state index contributed by atoms with van der Waals surface area (Å²) in [4.78, 5) is 26.4. The molecule has 1 heterocycles. The summed E-state index contributed by atoms with van der Waals surface area (Å²) in [5.74, 6) is -0.216. The molecule has 0 unspecified atom stereocenters. The van der Waals surface area contributed by atoms with E-state index in [9.17, 15) is 14.9 Å². The number of hydrogen-bond acceptors (Lipinski definition) is 4. The summed E-state index contributed by atoms with van der Waals surface area (Å²) < 4.78 is 0. The summed E-state index contributed by atoms with van der Waals surface area (Å²) in [7, 11) is 0. The largest absolute Gasteiger partial charge is 0.338 e. The van der Waals surface area contributed by atoms with Crippen molar-refractivity contribution in [2.75, 3.05) is 18.4 Å². The van der Waals surface area contributed by atoms with Crippen LogP contribution in [0.2, 0.25) is 0 Å². The molecule has 2 amide bonds. The van der Waals surface area contributed by atoms with Gasteiger partial charge in [0.15, 0.2) is 0 Å². The average molecular weight is 307 g/mol. The SMILES string of the molecule is CCCC(=O)Nc1sc(C(=O)N(CC)CC)c(C)c1C#N. The van der Waals surface area contributed by atoms with E-state index in [0.29, 0.717) is 40.5 Å². The van der Waals surface area contributed by atoms with Crippen LogP contribution in [0.3, 0.4) is 0 Å². The summed E-state index contributed by atoms with van der Waals surface area (Å²) in [6, 6.07) is 2.09. The smallest absolute Gasteiger partial charge is 0.264 e. The van der Waals surface area contributed by atoms with Crippen molar-refractivity contribution in [1.82, 2.24) is 4.90 Å². The van der Waals surface area contributed by atoms with Gasteiger partial charge in [-0.1, -0.05) is 6.92 Å². The molecule has 0 bridgehead atoms. The van der Waals surface area contributed by atoms with E-state index >= 15 is 0 Å². The first-order valence-electron chi connectivity index (χ1n) is 7.12. The molecule has 0 aliphatic rings. The van der Waals surface area contributed by atoms with Gasteiger partial charge in [0.25, 0.3) is 5.91 Å². The highest BCUT2D eigenvalue weighted by molar-refractivity contribution is 7.18. The fourth-order valence-corrected chi connectivity index (χ4v) is 3.15. The Bertz CT molecular complexity index is 568. The predicted octanol–water partition coefficient (Wildman–Crippen LogP) is 3.15. The molecular weight excluding hydrogens is 286 g/mol. The minimum atomic E-state index is -0.128. The number of amides is 2. The highest BCUT2D eigenvalue weighted by Gasteiger charge is 2.23. The summed E-state index contributed by atoms with van der Waals surface area (Å²) in [6.45, 7) is 8.73. The predicted molar refractivity (Wildman–Crippen MR) is 84.6 cm³/mol. The average Bonchev–Trinajstić information content (AvgIpc) is 2.76. The number of hydrogen-bond donors (Lipinski definition) is 1. The van der Waals surface area contributed by atoms with E-state index in [0.717, 1.165) is 6.42 Å². The van der Waals surface area contributed by atoms with Crippen molar-refractivity contribution < 1.29 is 9.59 Å². The fourth-order valence-electron chi connectivity index (χ4n) is 2.01. The van der Waals surface area contributed by atoms with Gasteiger partial charge in [-0.25, -0.2) is 0 Å². The quantitative estimate of drug-likeness (QED) is 0.877. The van der Waals surface area contributed by atoms with Crippen molar-refractivity contribution in [3.05, 3.63) is 16.0 Å². The third-order valence-corrected chi connectivity index (χ3v) is 4.43. The maximum atomic E-state index is 12.4. The summed E-state index contributed by atoms with van der Waals surface area (Å²) in [6.07, 6.45) is 1.14. The Kier molecular flexibility index (Phi) is 6.38. The molecule has 0 fully saturated rings. The molecule has 6 heteroatoms. The number of nitrogens with zero attached hydrogens (tertiary/aromatic N) is 2. The maximum absolute atomic E-state index is 12.4. The van der Waals surface area contributed by atoms with E-state index < -0.39 is 0 Å². The number of nitrogens with one attached hydrogen (secondary N) is 1. The molecule has 1 rings (SSSR count). The third kappa shape index (κ3) is 3.82. The second-order valence-corrected chi connectivity index (χ2v) is 5.67. The zero-order valence-electron chi connectivity index (χ0n) is 12.9. The molecular formula is C15H21N3O2S. The van der Waals surface area contributed by atoms with E-state index in [1.54, 1.807) is 11.8 Å². The normalized spacial score (nSPS) is 10.0. The van der Waals surface area contributed by atoms with Gasteiger partial charge in [-0.05, 0) is 32.8 Å². The van der Waals surface area contributed by atoms with Crippen LogP contribution in [0.5, 0.6) is 0 Å². The molecule has 5 nitrogen and oxygen atoms in total. The lowest BCUT2D eigenvalue weighted by Gasteiger charge is -2.17. The zero-order valence-corrected chi connectivity index (χ0v) is 13.8. The zero-order chi connectivity index (χ0) is 16.0. The standard InChI is InChI=1S/C15H21N3O2S/c1-5-8-12(19)17-14-11(9-16)10(4)13(21-14)15(20)18(6-2)7-3/h5-8H2,1-4H3,(H,17,19). The van der Waals surface area contributed by atoms with Gasteiger partial charge in [-0.2, -0.15) is 5.26 Å². The van der Waals surface area contributed by atoms with Crippen molar-refractivity contribution in [2.45, 2.75) is 40.5 Å². The molecule has 1 aromatic heterocycles. The highest BCUT2D eigenvalue weighted by atomic mass is 32.1. The molecule has 0 radical (unpaired) electrons. The van der Waals surface area contributed by atoms with Gasteiger partial charge in [-0.3, -0.25) is 9.59 Å². The van der Waals surface area contributed by atoms with Crippen molar-refractivity contribution in [2.24, 2.45) is 0 Å². The van der Waals surface area contributed by atoms with Crippen molar-refractivity contribution in [1.29, 1.82) is 5.26 Å². The molecule has 1 aromatic rings. The fraction of sp³-hybridized carbons (Fsp3) is 0.533. The van der Waals surface area contributed by atoms with Crippen LogP contribution in [-0.4, -0.2) is 29.8 Å². The van der Waals surface area contributed by atoms with Gasteiger partial charge in [0.05, 0.1) is 10.4 Å². The third-order valence-electron chi connectivity index (χ3n) is 3.23. The Balaban J connectivity index is 3.14. The van der Waals surface area contributed by atoms with Crippen LogP contribution >= 0.6 is 11.3 Å². The highest BCUT2D eigenvalue weighted by Crippen LogP contribution is 2.33. The van der Waals surface area contributed by atoms with Crippen LogP contribution in [-0.2, 0) is 4.79 Å². The van der Waals surface area contributed by atoms with Crippen molar-refractivity contribution >= 4 is 28.2 Å². The van der Waals surface area contributed by atoms with Gasteiger partial charge < -0.3 is 10.2 Å². The van der Waals surface area contributed by atoms with E-state index in [1.165, 1.54) is 11.3 Å². The van der Waals surface area contributed by atoms with Crippen LogP contribution in [0.15, 0.2) is 0 Å². The Morgan fingerprint density at radius 2 is 1.90 bits per heavy atom. The maximum Gasteiger partial charge on any atom is 0.264 e.